The van der Waals surface area contributed by atoms with Gasteiger partial charge in [-0.2, -0.15) is 9.80 Å². The van der Waals surface area contributed by atoms with E-state index in [0.717, 1.165) is 10.2 Å². The first-order valence-corrected chi connectivity index (χ1v) is 6.26. The van der Waals surface area contributed by atoms with Crippen LogP contribution in [0.5, 0.6) is 0 Å². The van der Waals surface area contributed by atoms with Gasteiger partial charge in [-0.3, -0.25) is 9.89 Å². The van der Waals surface area contributed by atoms with Crippen molar-refractivity contribution >= 4 is 28.7 Å². The zero-order chi connectivity index (χ0) is 14.7. The number of H-pyrrole nitrogens is 1. The monoisotopic (exact) mass is 290 g/mol. The number of hydrogen-bond donors (Lipinski definition) is 3. The van der Waals surface area contributed by atoms with E-state index in [9.17, 15) is 4.79 Å². The van der Waals surface area contributed by atoms with E-state index < -0.39 is 5.56 Å². The molecule has 0 unspecified atom stereocenters. The number of nitrogens with two attached hydrogens (primary N) is 2. The molecule has 1 aromatic heterocycles. The Bertz CT molecular complexity index is 713. The Morgan fingerprint density at radius 2 is 2.00 bits per heavy atom. The van der Waals surface area contributed by atoms with Crippen molar-refractivity contribution in [3.63, 3.8) is 0 Å². The van der Waals surface area contributed by atoms with Gasteiger partial charge in [0, 0.05) is 6.54 Å². The SMILES string of the molecule is Cc1[nH]n(C(N)=S)c(=O)c1N=Nc1ccc(CN)cc1. The molecule has 7 nitrogen and oxygen atoms in total. The van der Waals surface area contributed by atoms with Crippen LogP contribution in [0.1, 0.15) is 11.3 Å². The van der Waals surface area contributed by atoms with Gasteiger partial charge in [-0.25, -0.2) is 0 Å². The summed E-state index contributed by atoms with van der Waals surface area (Å²) in [6.07, 6.45) is 0. The zero-order valence-electron chi connectivity index (χ0n) is 10.8. The second kappa shape index (κ2) is 5.76. The number of thiocarbonyl (C=S) groups is 1. The summed E-state index contributed by atoms with van der Waals surface area (Å²) in [6, 6.07) is 7.26. The number of nitrogens with zero attached hydrogens (tertiary/aromatic N) is 3. The van der Waals surface area contributed by atoms with Crippen molar-refractivity contribution in [2.75, 3.05) is 0 Å². The number of aromatic amines is 1. The number of rotatable bonds is 3. The van der Waals surface area contributed by atoms with Crippen LogP contribution in [0.3, 0.4) is 0 Å². The zero-order valence-corrected chi connectivity index (χ0v) is 11.6. The predicted molar refractivity (Wildman–Crippen MR) is 80.5 cm³/mol. The lowest BCUT2D eigenvalue weighted by atomic mass is 10.2. The lowest BCUT2D eigenvalue weighted by Crippen LogP contribution is -2.29. The molecule has 0 spiro atoms. The summed E-state index contributed by atoms with van der Waals surface area (Å²) in [5, 5.41) is 10.6. The Balaban J connectivity index is 2.31. The van der Waals surface area contributed by atoms with Crippen LogP contribution < -0.4 is 17.0 Å². The predicted octanol–water partition coefficient (Wildman–Crippen LogP) is 1.45. The number of hydrogen-bond acceptors (Lipinski definition) is 5. The maximum atomic E-state index is 11.9. The highest BCUT2D eigenvalue weighted by molar-refractivity contribution is 7.80. The van der Waals surface area contributed by atoms with Crippen molar-refractivity contribution in [3.05, 3.63) is 45.9 Å². The second-order valence-electron chi connectivity index (χ2n) is 4.13. The van der Waals surface area contributed by atoms with Gasteiger partial charge < -0.3 is 11.5 Å². The van der Waals surface area contributed by atoms with Crippen LogP contribution in [-0.4, -0.2) is 14.9 Å². The van der Waals surface area contributed by atoms with Gasteiger partial charge in [-0.15, -0.1) is 5.11 Å². The lowest BCUT2D eigenvalue weighted by Gasteiger charge is -1.95. The van der Waals surface area contributed by atoms with Gasteiger partial charge in [-0.05, 0) is 36.8 Å². The van der Waals surface area contributed by atoms with E-state index in [2.05, 4.69) is 15.3 Å². The van der Waals surface area contributed by atoms with Gasteiger partial charge >= 0.3 is 5.56 Å². The average molecular weight is 290 g/mol. The molecule has 8 heteroatoms. The Kier molecular flexibility index (Phi) is 4.06. The summed E-state index contributed by atoms with van der Waals surface area (Å²) >= 11 is 4.75. The molecule has 5 N–H and O–H groups in total. The topological polar surface area (TPSA) is 115 Å². The van der Waals surface area contributed by atoms with Crippen molar-refractivity contribution in [1.29, 1.82) is 0 Å². The van der Waals surface area contributed by atoms with E-state index in [-0.39, 0.29) is 10.8 Å². The van der Waals surface area contributed by atoms with Crippen molar-refractivity contribution < 1.29 is 0 Å². The minimum Gasteiger partial charge on any atom is -0.374 e. The van der Waals surface area contributed by atoms with Crippen LogP contribution in [0.15, 0.2) is 39.3 Å². The van der Waals surface area contributed by atoms with Crippen molar-refractivity contribution in [3.8, 4) is 0 Å². The van der Waals surface area contributed by atoms with E-state index >= 15 is 0 Å². The van der Waals surface area contributed by atoms with Crippen molar-refractivity contribution in [2.45, 2.75) is 13.5 Å². The first kappa shape index (κ1) is 14.1. The van der Waals surface area contributed by atoms with Crippen LogP contribution >= 0.6 is 12.2 Å². The number of benzene rings is 1. The molecule has 104 valence electrons. The highest BCUT2D eigenvalue weighted by atomic mass is 32.1. The fourth-order valence-electron chi connectivity index (χ4n) is 1.62. The van der Waals surface area contributed by atoms with E-state index in [1.54, 1.807) is 19.1 Å². The molecule has 2 aromatic rings. The molecule has 1 heterocycles. The fourth-order valence-corrected chi connectivity index (χ4v) is 1.75. The van der Waals surface area contributed by atoms with E-state index in [1.165, 1.54) is 0 Å². The largest absolute Gasteiger partial charge is 0.374 e. The smallest absolute Gasteiger partial charge is 0.301 e. The molecular formula is C12H14N6OS. The minimum atomic E-state index is -0.419. The highest BCUT2D eigenvalue weighted by Crippen LogP contribution is 2.18. The molecule has 0 aliphatic carbocycles. The molecular weight excluding hydrogens is 276 g/mol. The van der Waals surface area contributed by atoms with Gasteiger partial charge in [0.05, 0.1) is 11.4 Å². The summed E-state index contributed by atoms with van der Waals surface area (Å²) in [4.78, 5) is 11.9. The van der Waals surface area contributed by atoms with Crippen LogP contribution in [0.2, 0.25) is 0 Å². The quantitative estimate of drug-likeness (QED) is 0.586. The summed E-state index contributed by atoms with van der Waals surface area (Å²) in [6.45, 7) is 2.16. The Hall–Kier alpha value is -2.32. The molecule has 0 fully saturated rings. The molecule has 2 rings (SSSR count). The minimum absolute atomic E-state index is 0.0631. The first-order chi connectivity index (χ1) is 9.52. The van der Waals surface area contributed by atoms with Gasteiger partial charge in [0.15, 0.2) is 10.8 Å². The van der Waals surface area contributed by atoms with Crippen LogP contribution in [-0.2, 0) is 6.54 Å². The van der Waals surface area contributed by atoms with E-state index in [0.29, 0.717) is 17.9 Å². The third-order valence-corrected chi connectivity index (χ3v) is 2.88. The van der Waals surface area contributed by atoms with Crippen LogP contribution in [0.4, 0.5) is 11.4 Å². The summed E-state index contributed by atoms with van der Waals surface area (Å²) in [5.74, 6) is 0. The lowest BCUT2D eigenvalue weighted by molar-refractivity contribution is 0.889. The van der Waals surface area contributed by atoms with Gasteiger partial charge in [0.1, 0.15) is 0 Å². The molecule has 20 heavy (non-hydrogen) atoms. The Labute approximate surface area is 120 Å². The summed E-state index contributed by atoms with van der Waals surface area (Å²) < 4.78 is 1.05. The molecule has 1 aromatic carbocycles. The normalized spacial score (nSPS) is 11.1. The van der Waals surface area contributed by atoms with Crippen LogP contribution in [0.25, 0.3) is 0 Å². The van der Waals surface area contributed by atoms with E-state index in [4.69, 9.17) is 23.7 Å². The maximum Gasteiger partial charge on any atom is 0.301 e. The molecule has 0 saturated heterocycles. The van der Waals surface area contributed by atoms with E-state index in [1.807, 2.05) is 12.1 Å². The molecule has 0 amide bonds. The number of aryl methyl sites for hydroxylation is 1. The third kappa shape index (κ3) is 2.81. The first-order valence-electron chi connectivity index (χ1n) is 5.85. The van der Waals surface area contributed by atoms with Gasteiger partial charge in [0.25, 0.3) is 0 Å². The molecule has 0 atom stereocenters. The second-order valence-corrected chi connectivity index (χ2v) is 4.55. The molecule has 0 aliphatic heterocycles. The Morgan fingerprint density at radius 3 is 2.50 bits per heavy atom. The molecule has 0 aliphatic rings. The van der Waals surface area contributed by atoms with Crippen LogP contribution in [0, 0.1) is 6.92 Å². The average Bonchev–Trinajstić information content (AvgIpc) is 2.72. The Morgan fingerprint density at radius 1 is 1.35 bits per heavy atom. The van der Waals surface area contributed by atoms with Gasteiger partial charge in [0.2, 0.25) is 0 Å². The summed E-state index contributed by atoms with van der Waals surface area (Å²) in [5.41, 5.74) is 12.9. The number of aromatic nitrogens is 2. The number of azo groups is 1. The molecule has 0 saturated carbocycles. The third-order valence-electron chi connectivity index (χ3n) is 2.70. The maximum absolute atomic E-state index is 11.9. The molecule has 0 bridgehead atoms. The standard InChI is InChI=1S/C12H14N6OS/c1-7-10(11(19)18(17-7)12(14)20)16-15-9-4-2-8(6-13)3-5-9/h2-5,17H,6,13H2,1H3,(H2,14,20). The molecule has 0 radical (unpaired) electrons. The fraction of sp³-hybridized carbons (Fsp3) is 0.167. The van der Waals surface area contributed by atoms with Gasteiger partial charge in [-0.1, -0.05) is 12.1 Å². The number of nitrogens with one attached hydrogen (secondary N) is 1. The van der Waals surface area contributed by atoms with Crippen molar-refractivity contribution in [1.82, 2.24) is 9.78 Å². The highest BCUT2D eigenvalue weighted by Gasteiger charge is 2.11. The van der Waals surface area contributed by atoms with Crippen molar-refractivity contribution in [2.24, 2.45) is 21.7 Å². The summed E-state index contributed by atoms with van der Waals surface area (Å²) in [7, 11) is 0.